The minimum Gasteiger partial charge on any atom is -0.429 e. The molecular formula is C56H63FO6. The summed E-state index contributed by atoms with van der Waals surface area (Å²) in [5.41, 5.74) is 7.12. The molecule has 0 bridgehead atoms. The molecule has 6 nitrogen and oxygen atoms in total. The number of ether oxygens (including phenoxy) is 3. The number of hydrogen-bond donors (Lipinski definition) is 0. The number of carbonyl (C=O) groups excluding carboxylic acids is 3. The summed E-state index contributed by atoms with van der Waals surface area (Å²) < 4.78 is 25.5. The Bertz CT molecular complexity index is 1940. The van der Waals surface area contributed by atoms with Crippen LogP contribution in [0.3, 0.4) is 0 Å². The number of benzene rings is 7. The smallest absolute Gasteiger partial charge is 0.298 e. The third-order valence-electron chi connectivity index (χ3n) is 8.40. The monoisotopic (exact) mass is 850 g/mol. The summed E-state index contributed by atoms with van der Waals surface area (Å²) in [6.45, 7) is 12.0. The number of rotatable bonds is 12. The zero-order chi connectivity index (χ0) is 46.0. The lowest BCUT2D eigenvalue weighted by molar-refractivity contribution is -0.121. The maximum Gasteiger partial charge on any atom is 0.298 e. The minimum absolute atomic E-state index is 0.178. The Hall–Kier alpha value is -7.12. The van der Waals surface area contributed by atoms with Crippen LogP contribution in [0.25, 0.3) is 0 Å². The fourth-order valence-electron chi connectivity index (χ4n) is 5.06. The summed E-state index contributed by atoms with van der Waals surface area (Å²) >= 11 is 0. The molecule has 0 aliphatic carbocycles. The predicted octanol–water partition coefficient (Wildman–Crippen LogP) is 13.9. The molecule has 0 fully saturated rings. The van der Waals surface area contributed by atoms with E-state index >= 15 is 0 Å². The maximum atomic E-state index is 11.9. The van der Waals surface area contributed by atoms with E-state index in [4.69, 9.17) is 0 Å². The van der Waals surface area contributed by atoms with Crippen molar-refractivity contribution < 1.29 is 33.0 Å². The summed E-state index contributed by atoms with van der Waals surface area (Å²) in [6.07, 6.45) is 7.20. The number of halogens is 1. The van der Waals surface area contributed by atoms with Gasteiger partial charge in [0, 0.05) is 0 Å². The van der Waals surface area contributed by atoms with E-state index in [9.17, 15) is 18.8 Å². The molecule has 0 spiro atoms. The van der Waals surface area contributed by atoms with Crippen LogP contribution in [0.4, 0.5) is 4.39 Å². The molecule has 0 radical (unpaired) electrons. The highest BCUT2D eigenvalue weighted by Gasteiger charge is 1.94. The molecule has 0 N–H and O–H groups in total. The van der Waals surface area contributed by atoms with Gasteiger partial charge in [-0.2, -0.15) is 0 Å². The van der Waals surface area contributed by atoms with Crippen molar-refractivity contribution in [1.82, 2.24) is 0 Å². The minimum atomic E-state index is -0.178. The van der Waals surface area contributed by atoms with Gasteiger partial charge in [0.25, 0.3) is 19.4 Å². The summed E-state index contributed by atoms with van der Waals surface area (Å²) in [6, 6.07) is 63.0. The first-order valence-electron chi connectivity index (χ1n) is 21.2. The largest absolute Gasteiger partial charge is 0.429 e. The van der Waals surface area contributed by atoms with Gasteiger partial charge in [-0.25, -0.2) is 4.39 Å². The number of carbonyl (C=O) groups is 3. The van der Waals surface area contributed by atoms with Gasteiger partial charge in [-0.1, -0.05) is 198 Å². The first-order chi connectivity index (χ1) is 30.8. The first-order valence-corrected chi connectivity index (χ1v) is 21.2. The van der Waals surface area contributed by atoms with Gasteiger partial charge in [0.15, 0.2) is 0 Å². The number of para-hydroxylation sites is 1. The van der Waals surface area contributed by atoms with Crippen molar-refractivity contribution in [3.63, 3.8) is 0 Å². The molecule has 0 unspecified atom stereocenters. The zero-order valence-electron chi connectivity index (χ0n) is 37.4. The summed E-state index contributed by atoms with van der Waals surface area (Å²) in [5, 5.41) is 0. The van der Waals surface area contributed by atoms with E-state index in [0.717, 1.165) is 12.8 Å². The molecule has 0 atom stereocenters. The number of hydrogen-bond acceptors (Lipinski definition) is 6. The summed E-state index contributed by atoms with van der Waals surface area (Å²) in [5.74, 6) is 1.21. The molecule has 7 rings (SSSR count). The predicted molar refractivity (Wildman–Crippen MR) is 257 cm³/mol. The molecule has 0 aliphatic rings. The Morgan fingerprint density at radius 2 is 0.635 bits per heavy atom. The van der Waals surface area contributed by atoms with Crippen LogP contribution in [0, 0.1) is 12.7 Å². The van der Waals surface area contributed by atoms with Gasteiger partial charge >= 0.3 is 0 Å². The van der Waals surface area contributed by atoms with Crippen LogP contribution in [0.5, 0.6) is 17.2 Å². The lowest BCUT2D eigenvalue weighted by atomic mass is 10.1. The van der Waals surface area contributed by atoms with Crippen LogP contribution in [-0.4, -0.2) is 19.4 Å². The van der Waals surface area contributed by atoms with Crippen LogP contribution < -0.4 is 14.2 Å². The van der Waals surface area contributed by atoms with Gasteiger partial charge < -0.3 is 14.2 Å². The molecule has 0 heterocycles. The van der Waals surface area contributed by atoms with Crippen LogP contribution in [-0.2, 0) is 40.1 Å². The lowest BCUT2D eigenvalue weighted by Crippen LogP contribution is -1.90. The van der Waals surface area contributed by atoms with Crippen LogP contribution in [0.1, 0.15) is 68.4 Å². The third-order valence-corrected chi connectivity index (χ3v) is 8.40. The van der Waals surface area contributed by atoms with Crippen molar-refractivity contribution in [1.29, 1.82) is 0 Å². The topological polar surface area (TPSA) is 78.9 Å². The highest BCUT2D eigenvalue weighted by atomic mass is 19.1. The quantitative estimate of drug-likeness (QED) is 0.114. The average Bonchev–Trinajstić information content (AvgIpc) is 3.33. The zero-order valence-corrected chi connectivity index (χ0v) is 37.4. The molecule has 7 aromatic carbocycles. The van der Waals surface area contributed by atoms with E-state index in [0.29, 0.717) is 36.7 Å². The number of aryl methyl sites for hydroxylation is 5. The van der Waals surface area contributed by atoms with Gasteiger partial charge in [0.05, 0.1) is 0 Å². The van der Waals surface area contributed by atoms with Gasteiger partial charge in [-0.15, -0.1) is 0 Å². The van der Waals surface area contributed by atoms with E-state index in [1.807, 2.05) is 60.7 Å². The van der Waals surface area contributed by atoms with E-state index in [1.165, 1.54) is 89.9 Å². The average molecular weight is 851 g/mol. The third kappa shape index (κ3) is 29.7. The lowest BCUT2D eigenvalue weighted by Gasteiger charge is -2.01. The molecule has 63 heavy (non-hydrogen) atoms. The second-order valence-corrected chi connectivity index (χ2v) is 13.4. The second-order valence-electron chi connectivity index (χ2n) is 13.4. The molecule has 0 saturated heterocycles. The second kappa shape index (κ2) is 37.8. The van der Waals surface area contributed by atoms with Crippen LogP contribution in [0.2, 0.25) is 0 Å². The molecule has 0 saturated carbocycles. The van der Waals surface area contributed by atoms with Crippen molar-refractivity contribution in [3.8, 4) is 17.2 Å². The Balaban J connectivity index is 0.000000372. The van der Waals surface area contributed by atoms with E-state index < -0.39 is 0 Å². The Kier molecular flexibility index (Phi) is 32.4. The summed E-state index contributed by atoms with van der Waals surface area (Å²) in [4.78, 5) is 29.5. The van der Waals surface area contributed by atoms with Gasteiger partial charge in [-0.3, -0.25) is 14.4 Å². The van der Waals surface area contributed by atoms with Gasteiger partial charge in [0.2, 0.25) is 0 Å². The highest BCUT2D eigenvalue weighted by Crippen LogP contribution is 2.16. The standard InChI is InChI=1S/C12H18.C10H14.C8H6O4.C7H6O2.C7H8.C6H5F.C6H6/c1-3-5-11-7-9-12(6-4-2)10-8-11;1-3-9-5-7-10(4-2)8-6-9;9-5-11-7-1-2-8(4-3-7)12-6-10;8-6-9-7-4-2-1-3-5-7;1-7-5-3-2-4-6-7;7-6-4-2-1-3-5-6;1-2-4-6-5-3-1/h7-10H,3-6H2,1-2H3;5-8H,3-4H2,1-2H3;1-6H;1-6H;2-6H,1H3;1-5H;1-6H. The van der Waals surface area contributed by atoms with Crippen molar-refractivity contribution in [2.24, 2.45) is 0 Å². The molecule has 330 valence electrons. The molecule has 0 aromatic heterocycles. The Labute approximate surface area is 375 Å². The first kappa shape index (κ1) is 53.9. The van der Waals surface area contributed by atoms with Crippen LogP contribution in [0.15, 0.2) is 200 Å². The van der Waals surface area contributed by atoms with E-state index in [1.54, 1.807) is 42.5 Å². The molecule has 0 amide bonds. The van der Waals surface area contributed by atoms with Gasteiger partial charge in [-0.05, 0) is 103 Å². The molecule has 0 aliphatic heterocycles. The molecular weight excluding hydrogens is 788 g/mol. The normalized spacial score (nSPS) is 9.05. The fraction of sp³-hybridized carbons (Fsp3) is 0.196. The van der Waals surface area contributed by atoms with E-state index in [-0.39, 0.29) is 5.82 Å². The fourth-order valence-corrected chi connectivity index (χ4v) is 5.06. The van der Waals surface area contributed by atoms with Crippen molar-refractivity contribution in [2.45, 2.75) is 73.1 Å². The highest BCUT2D eigenvalue weighted by molar-refractivity contribution is 5.49. The Morgan fingerprint density at radius 1 is 0.365 bits per heavy atom. The maximum absolute atomic E-state index is 11.9. The van der Waals surface area contributed by atoms with Crippen molar-refractivity contribution in [2.75, 3.05) is 0 Å². The van der Waals surface area contributed by atoms with Crippen molar-refractivity contribution >= 4 is 19.4 Å². The molecule has 7 heteroatoms. The SMILES string of the molecule is CCCc1ccc(CCC)cc1.CCc1ccc(CC)cc1.Cc1ccccc1.Fc1ccccc1.O=COc1ccc(OC=O)cc1.O=COc1ccccc1.c1ccccc1. The van der Waals surface area contributed by atoms with Crippen molar-refractivity contribution in [3.05, 3.63) is 234 Å². The Morgan fingerprint density at radius 3 is 0.873 bits per heavy atom. The van der Waals surface area contributed by atoms with Gasteiger partial charge in [0.1, 0.15) is 23.1 Å². The van der Waals surface area contributed by atoms with E-state index in [2.05, 4.69) is 109 Å². The van der Waals surface area contributed by atoms with Crippen LogP contribution >= 0.6 is 0 Å². The summed E-state index contributed by atoms with van der Waals surface area (Å²) in [7, 11) is 0. The molecule has 7 aromatic rings.